The van der Waals surface area contributed by atoms with Crippen LogP contribution in [0.25, 0.3) is 0 Å². The van der Waals surface area contributed by atoms with Crippen LogP contribution in [0.1, 0.15) is 32.3 Å². The minimum atomic E-state index is -3.48. The van der Waals surface area contributed by atoms with E-state index in [2.05, 4.69) is 0 Å². The van der Waals surface area contributed by atoms with Gasteiger partial charge in [-0.2, -0.15) is 4.31 Å². The van der Waals surface area contributed by atoms with Crippen molar-refractivity contribution in [3.05, 3.63) is 29.8 Å². The van der Waals surface area contributed by atoms with E-state index in [0.29, 0.717) is 31.1 Å². The largest absolute Gasteiger partial charge is 0.340 e. The van der Waals surface area contributed by atoms with E-state index >= 15 is 0 Å². The lowest BCUT2D eigenvalue weighted by Crippen LogP contribution is -2.51. The third kappa shape index (κ3) is 3.75. The normalized spacial score (nSPS) is 16.8. The molecular formula is C17H26N2O3S. The number of benzene rings is 1. The van der Waals surface area contributed by atoms with Gasteiger partial charge in [0.2, 0.25) is 15.9 Å². The van der Waals surface area contributed by atoms with Crippen molar-refractivity contribution in [2.45, 2.75) is 38.5 Å². The quantitative estimate of drug-likeness (QED) is 0.827. The van der Waals surface area contributed by atoms with E-state index in [1.807, 2.05) is 24.8 Å². The molecule has 0 radical (unpaired) electrons. The van der Waals surface area contributed by atoms with Gasteiger partial charge in [-0.1, -0.05) is 32.0 Å². The number of nitrogens with zero attached hydrogens (tertiary/aromatic N) is 2. The Kier molecular flexibility index (Phi) is 5.81. The average Bonchev–Trinajstić information content (AvgIpc) is 2.56. The van der Waals surface area contributed by atoms with Crippen molar-refractivity contribution in [2.75, 3.05) is 26.2 Å². The predicted molar refractivity (Wildman–Crippen MR) is 90.6 cm³/mol. The second-order valence-electron chi connectivity index (χ2n) is 6.01. The lowest BCUT2D eigenvalue weighted by Gasteiger charge is -2.35. The molecule has 2 rings (SSSR count). The van der Waals surface area contributed by atoms with Crippen LogP contribution >= 0.6 is 0 Å². The highest BCUT2D eigenvalue weighted by molar-refractivity contribution is 7.89. The number of carbonyl (C=O) groups excluding carboxylic acids is 1. The lowest BCUT2D eigenvalue weighted by molar-refractivity contribution is -0.136. The number of sulfonamides is 1. The Morgan fingerprint density at radius 2 is 1.65 bits per heavy atom. The molecule has 0 unspecified atom stereocenters. The number of carbonyl (C=O) groups is 1. The van der Waals surface area contributed by atoms with E-state index in [1.165, 1.54) is 4.31 Å². The molecular weight excluding hydrogens is 312 g/mol. The summed E-state index contributed by atoms with van der Waals surface area (Å²) in [5.41, 5.74) is 0.753. The number of piperazine rings is 1. The summed E-state index contributed by atoms with van der Waals surface area (Å²) in [6, 6.07) is 7.03. The zero-order valence-electron chi connectivity index (χ0n) is 14.2. The zero-order chi connectivity index (χ0) is 17.0. The van der Waals surface area contributed by atoms with E-state index in [9.17, 15) is 13.2 Å². The first kappa shape index (κ1) is 17.9. The maximum Gasteiger partial charge on any atom is 0.243 e. The SMILES string of the molecule is CCC(CC)C(=O)N1CCN(S(=O)(=O)c2ccccc2C)CC1. The van der Waals surface area contributed by atoms with Gasteiger partial charge in [-0.15, -0.1) is 0 Å². The molecule has 0 aromatic heterocycles. The van der Waals surface area contributed by atoms with Gasteiger partial charge in [-0.05, 0) is 31.4 Å². The summed E-state index contributed by atoms with van der Waals surface area (Å²) >= 11 is 0. The third-order valence-corrected chi connectivity index (χ3v) is 6.66. The van der Waals surface area contributed by atoms with Gasteiger partial charge in [0.05, 0.1) is 4.90 Å². The fraction of sp³-hybridized carbons (Fsp3) is 0.588. The fourth-order valence-electron chi connectivity index (χ4n) is 3.03. The first-order valence-electron chi connectivity index (χ1n) is 8.26. The van der Waals surface area contributed by atoms with Crippen LogP contribution in [0.4, 0.5) is 0 Å². The molecule has 1 heterocycles. The molecule has 1 saturated heterocycles. The monoisotopic (exact) mass is 338 g/mol. The van der Waals surface area contributed by atoms with Gasteiger partial charge in [-0.25, -0.2) is 8.42 Å². The van der Waals surface area contributed by atoms with E-state index < -0.39 is 10.0 Å². The van der Waals surface area contributed by atoms with Crippen molar-refractivity contribution in [1.29, 1.82) is 0 Å². The number of aryl methyl sites for hydroxylation is 1. The second kappa shape index (κ2) is 7.45. The summed E-state index contributed by atoms with van der Waals surface area (Å²) in [6.45, 7) is 7.52. The molecule has 1 aliphatic rings. The molecule has 1 amide bonds. The number of amides is 1. The Morgan fingerprint density at radius 3 is 2.17 bits per heavy atom. The van der Waals surface area contributed by atoms with Crippen LogP contribution in [-0.2, 0) is 14.8 Å². The van der Waals surface area contributed by atoms with Gasteiger partial charge in [0, 0.05) is 32.1 Å². The highest BCUT2D eigenvalue weighted by Gasteiger charge is 2.32. The Hall–Kier alpha value is -1.40. The van der Waals surface area contributed by atoms with Crippen molar-refractivity contribution in [1.82, 2.24) is 9.21 Å². The summed E-state index contributed by atoms with van der Waals surface area (Å²) in [5.74, 6) is 0.206. The number of hydrogen-bond donors (Lipinski definition) is 0. The molecule has 0 N–H and O–H groups in total. The zero-order valence-corrected chi connectivity index (χ0v) is 15.0. The summed E-state index contributed by atoms with van der Waals surface area (Å²) in [6.07, 6.45) is 1.66. The molecule has 1 aliphatic heterocycles. The van der Waals surface area contributed by atoms with Gasteiger partial charge < -0.3 is 4.90 Å². The minimum Gasteiger partial charge on any atom is -0.340 e. The third-order valence-electron chi connectivity index (χ3n) is 4.60. The van der Waals surface area contributed by atoms with Crippen LogP contribution in [0.3, 0.4) is 0 Å². The summed E-state index contributed by atoms with van der Waals surface area (Å²) < 4.78 is 27.0. The maximum atomic E-state index is 12.8. The Balaban J connectivity index is 2.07. The average molecular weight is 338 g/mol. The summed E-state index contributed by atoms with van der Waals surface area (Å²) in [7, 11) is -3.48. The fourth-order valence-corrected chi connectivity index (χ4v) is 4.68. The van der Waals surface area contributed by atoms with Crippen molar-refractivity contribution < 1.29 is 13.2 Å². The molecule has 23 heavy (non-hydrogen) atoms. The Bertz CT molecular complexity index is 646. The topological polar surface area (TPSA) is 57.7 Å². The van der Waals surface area contributed by atoms with Crippen LogP contribution < -0.4 is 0 Å². The number of hydrogen-bond acceptors (Lipinski definition) is 3. The standard InChI is InChI=1S/C17H26N2O3S/c1-4-15(5-2)17(20)18-10-12-19(13-11-18)23(21,22)16-9-7-6-8-14(16)3/h6-9,15H,4-5,10-13H2,1-3H3. The molecule has 6 heteroatoms. The molecule has 0 saturated carbocycles. The highest BCUT2D eigenvalue weighted by Crippen LogP contribution is 2.22. The molecule has 1 aromatic carbocycles. The van der Waals surface area contributed by atoms with Crippen molar-refractivity contribution in [2.24, 2.45) is 5.92 Å². The van der Waals surface area contributed by atoms with E-state index in [4.69, 9.17) is 0 Å². The van der Waals surface area contributed by atoms with Gasteiger partial charge in [0.15, 0.2) is 0 Å². The van der Waals surface area contributed by atoms with Crippen molar-refractivity contribution >= 4 is 15.9 Å². The molecule has 1 aromatic rings. The number of rotatable bonds is 5. The highest BCUT2D eigenvalue weighted by atomic mass is 32.2. The Labute approximate surface area is 139 Å². The summed E-state index contributed by atoms with van der Waals surface area (Å²) in [5, 5.41) is 0. The molecule has 0 atom stereocenters. The molecule has 0 aliphatic carbocycles. The van der Waals surface area contributed by atoms with Crippen LogP contribution in [0, 0.1) is 12.8 Å². The van der Waals surface area contributed by atoms with E-state index in [0.717, 1.165) is 18.4 Å². The molecule has 0 bridgehead atoms. The summed E-state index contributed by atoms with van der Waals surface area (Å²) in [4.78, 5) is 14.6. The predicted octanol–water partition coefficient (Wildman–Crippen LogP) is 2.26. The van der Waals surface area contributed by atoms with Gasteiger partial charge in [0.25, 0.3) is 0 Å². The van der Waals surface area contributed by atoms with Gasteiger partial charge in [0.1, 0.15) is 0 Å². The van der Waals surface area contributed by atoms with Crippen LogP contribution in [0.5, 0.6) is 0 Å². The van der Waals surface area contributed by atoms with E-state index in [-0.39, 0.29) is 11.8 Å². The lowest BCUT2D eigenvalue weighted by atomic mass is 10.0. The first-order valence-corrected chi connectivity index (χ1v) is 9.70. The molecule has 128 valence electrons. The Morgan fingerprint density at radius 1 is 1.09 bits per heavy atom. The second-order valence-corrected chi connectivity index (χ2v) is 7.91. The van der Waals surface area contributed by atoms with E-state index in [1.54, 1.807) is 25.1 Å². The van der Waals surface area contributed by atoms with Crippen LogP contribution in [-0.4, -0.2) is 49.7 Å². The minimum absolute atomic E-state index is 0.0505. The van der Waals surface area contributed by atoms with Gasteiger partial charge in [-0.3, -0.25) is 4.79 Å². The molecule has 0 spiro atoms. The van der Waals surface area contributed by atoms with Gasteiger partial charge >= 0.3 is 0 Å². The first-order chi connectivity index (χ1) is 10.9. The van der Waals surface area contributed by atoms with Crippen LogP contribution in [0.2, 0.25) is 0 Å². The molecule has 5 nitrogen and oxygen atoms in total. The molecule has 1 fully saturated rings. The smallest absolute Gasteiger partial charge is 0.243 e. The van der Waals surface area contributed by atoms with Crippen molar-refractivity contribution in [3.8, 4) is 0 Å². The van der Waals surface area contributed by atoms with Crippen LogP contribution in [0.15, 0.2) is 29.2 Å². The maximum absolute atomic E-state index is 12.8. The van der Waals surface area contributed by atoms with Crippen molar-refractivity contribution in [3.63, 3.8) is 0 Å².